The number of alkyl halides is 3. The first-order chi connectivity index (χ1) is 16.0. The Morgan fingerprint density at radius 2 is 1.88 bits per heavy atom. The van der Waals surface area contributed by atoms with E-state index in [9.17, 15) is 21.6 Å². The Morgan fingerprint density at radius 3 is 2.53 bits per heavy atom. The maximum absolute atomic E-state index is 13.1. The van der Waals surface area contributed by atoms with Crippen LogP contribution in [0.25, 0.3) is 10.8 Å². The van der Waals surface area contributed by atoms with Crippen molar-refractivity contribution in [3.05, 3.63) is 47.2 Å². The van der Waals surface area contributed by atoms with Crippen molar-refractivity contribution in [1.29, 1.82) is 0 Å². The second kappa shape index (κ2) is 10.6. The molecule has 1 aromatic heterocycles. The number of hydrogen-bond acceptors (Lipinski definition) is 7. The second-order valence-corrected chi connectivity index (χ2v) is 9.73. The minimum Gasteiger partial charge on any atom is -0.475 e. The van der Waals surface area contributed by atoms with Gasteiger partial charge in [0.2, 0.25) is 10.0 Å². The van der Waals surface area contributed by atoms with Crippen molar-refractivity contribution < 1.29 is 31.5 Å². The quantitative estimate of drug-likeness (QED) is 0.465. The predicted molar refractivity (Wildman–Crippen MR) is 116 cm³/mol. The zero-order chi connectivity index (χ0) is 24.9. The number of rotatable bonds is 5. The van der Waals surface area contributed by atoms with Crippen LogP contribution in [-0.4, -0.2) is 76.3 Å². The molecule has 3 N–H and O–H groups in total. The number of carboxylic acids is 1. The number of fused-ring (bicyclic) bond motifs is 1. The number of sulfonamides is 1. The lowest BCUT2D eigenvalue weighted by Crippen LogP contribution is -2.52. The van der Waals surface area contributed by atoms with E-state index in [-0.39, 0.29) is 6.04 Å². The van der Waals surface area contributed by atoms with Gasteiger partial charge in [-0.2, -0.15) is 17.5 Å². The van der Waals surface area contributed by atoms with E-state index >= 15 is 0 Å². The number of halogens is 4. The molecule has 34 heavy (non-hydrogen) atoms. The van der Waals surface area contributed by atoms with Gasteiger partial charge >= 0.3 is 12.1 Å². The van der Waals surface area contributed by atoms with Gasteiger partial charge in [-0.25, -0.2) is 18.3 Å². The fourth-order valence-corrected chi connectivity index (χ4v) is 5.01. The second-order valence-electron chi connectivity index (χ2n) is 7.36. The third-order valence-electron chi connectivity index (χ3n) is 4.99. The molecule has 1 fully saturated rings. The molecule has 0 saturated carbocycles. The number of tetrazole rings is 1. The maximum atomic E-state index is 13.1. The molecule has 2 aromatic carbocycles. The normalized spacial score (nSPS) is 17.2. The highest BCUT2D eigenvalue weighted by molar-refractivity contribution is 7.89. The van der Waals surface area contributed by atoms with Crippen LogP contribution < -0.4 is 5.32 Å². The average Bonchev–Trinajstić information content (AvgIpc) is 3.31. The van der Waals surface area contributed by atoms with Gasteiger partial charge in [0.25, 0.3) is 0 Å². The maximum Gasteiger partial charge on any atom is 0.490 e. The first-order valence-electron chi connectivity index (χ1n) is 9.92. The van der Waals surface area contributed by atoms with Gasteiger partial charge in [-0.3, -0.25) is 0 Å². The Bertz CT molecular complexity index is 1240. The van der Waals surface area contributed by atoms with Crippen LogP contribution >= 0.6 is 11.6 Å². The molecule has 0 aliphatic carbocycles. The van der Waals surface area contributed by atoms with Gasteiger partial charge in [-0.15, -0.1) is 5.10 Å². The van der Waals surface area contributed by atoms with Crippen molar-refractivity contribution in [2.75, 3.05) is 19.6 Å². The van der Waals surface area contributed by atoms with E-state index in [0.29, 0.717) is 41.8 Å². The number of aromatic amines is 1. The Balaban J connectivity index is 0.000000406. The molecule has 1 unspecified atom stereocenters. The first-order valence-corrected chi connectivity index (χ1v) is 11.7. The van der Waals surface area contributed by atoms with Crippen molar-refractivity contribution in [2.24, 2.45) is 0 Å². The minimum atomic E-state index is -5.08. The first kappa shape index (κ1) is 25.8. The van der Waals surface area contributed by atoms with Gasteiger partial charge < -0.3 is 10.4 Å². The van der Waals surface area contributed by atoms with E-state index in [1.54, 1.807) is 28.6 Å². The summed E-state index contributed by atoms with van der Waals surface area (Å²) in [5.41, 5.74) is 0. The Labute approximate surface area is 197 Å². The largest absolute Gasteiger partial charge is 0.490 e. The van der Waals surface area contributed by atoms with Crippen LogP contribution in [0, 0.1) is 0 Å². The molecule has 2 heterocycles. The van der Waals surface area contributed by atoms with Crippen LogP contribution in [0.4, 0.5) is 13.2 Å². The number of hydrogen-bond donors (Lipinski definition) is 3. The molecule has 184 valence electrons. The number of aliphatic carboxylic acids is 1. The van der Waals surface area contributed by atoms with E-state index in [1.165, 1.54) is 0 Å². The average molecular weight is 521 g/mol. The summed E-state index contributed by atoms with van der Waals surface area (Å²) >= 11 is 6.00. The van der Waals surface area contributed by atoms with Crippen LogP contribution in [0.15, 0.2) is 41.3 Å². The lowest BCUT2D eigenvalue weighted by molar-refractivity contribution is -0.192. The monoisotopic (exact) mass is 520 g/mol. The topological polar surface area (TPSA) is 141 Å². The Morgan fingerprint density at radius 1 is 1.21 bits per heavy atom. The van der Waals surface area contributed by atoms with Crippen LogP contribution in [0.1, 0.15) is 12.2 Å². The third-order valence-corrected chi connectivity index (χ3v) is 7.09. The highest BCUT2D eigenvalue weighted by Gasteiger charge is 2.38. The minimum absolute atomic E-state index is 0.0536. The van der Waals surface area contributed by atoms with E-state index in [1.807, 2.05) is 12.1 Å². The molecule has 1 atom stereocenters. The van der Waals surface area contributed by atoms with E-state index in [0.717, 1.165) is 17.2 Å². The van der Waals surface area contributed by atoms with Crippen molar-refractivity contribution in [3.63, 3.8) is 0 Å². The van der Waals surface area contributed by atoms with Gasteiger partial charge in [0.05, 0.1) is 4.90 Å². The zero-order valence-corrected chi connectivity index (χ0v) is 19.0. The Hall–Kier alpha value is -2.81. The summed E-state index contributed by atoms with van der Waals surface area (Å²) in [6.45, 7) is 1.48. The number of H-pyrrole nitrogens is 1. The summed E-state index contributed by atoms with van der Waals surface area (Å²) < 4.78 is 59.5. The molecule has 0 radical (unpaired) electrons. The summed E-state index contributed by atoms with van der Waals surface area (Å²) in [6, 6.07) is 10.6. The van der Waals surface area contributed by atoms with Crippen molar-refractivity contribution in [1.82, 2.24) is 30.2 Å². The van der Waals surface area contributed by atoms with E-state index in [2.05, 4.69) is 25.9 Å². The van der Waals surface area contributed by atoms with Gasteiger partial charge in [0.1, 0.15) is 5.82 Å². The molecular formula is C19H20ClF3N6O4S. The van der Waals surface area contributed by atoms with Crippen molar-refractivity contribution in [3.8, 4) is 0 Å². The van der Waals surface area contributed by atoms with Gasteiger partial charge in [0.15, 0.2) is 0 Å². The number of nitrogens with zero attached hydrogens (tertiary/aromatic N) is 4. The molecule has 1 saturated heterocycles. The summed E-state index contributed by atoms with van der Waals surface area (Å²) in [4.78, 5) is 9.20. The lowest BCUT2D eigenvalue weighted by Gasteiger charge is -2.32. The van der Waals surface area contributed by atoms with Crippen molar-refractivity contribution >= 4 is 38.4 Å². The summed E-state index contributed by atoms with van der Waals surface area (Å²) in [5, 5.41) is 26.6. The van der Waals surface area contributed by atoms with Crippen molar-refractivity contribution in [2.45, 2.75) is 30.0 Å². The molecule has 0 bridgehead atoms. The number of benzene rings is 2. The molecule has 0 spiro atoms. The molecule has 3 aromatic rings. The highest BCUT2D eigenvalue weighted by Crippen LogP contribution is 2.25. The van der Waals surface area contributed by atoms with Crippen LogP contribution in [0.5, 0.6) is 0 Å². The van der Waals surface area contributed by atoms with Crippen LogP contribution in [0.3, 0.4) is 0 Å². The van der Waals surface area contributed by atoms with E-state index in [4.69, 9.17) is 21.5 Å². The third kappa shape index (κ3) is 6.62. The number of aromatic nitrogens is 4. The lowest BCUT2D eigenvalue weighted by atomic mass is 10.1. The molecule has 15 heteroatoms. The molecule has 10 nitrogen and oxygen atoms in total. The summed E-state index contributed by atoms with van der Waals surface area (Å²) in [5.74, 6) is -2.06. The SMILES string of the molecule is O=C(O)C(F)(F)F.O=S(=O)(c1ccc2cc(Cl)ccc2c1)N1CCNC(CCc2nnn[nH]2)C1. The smallest absolute Gasteiger partial charge is 0.475 e. The number of carbonyl (C=O) groups is 1. The van der Waals surface area contributed by atoms with Crippen LogP contribution in [-0.2, 0) is 21.2 Å². The molecule has 0 amide bonds. The van der Waals surface area contributed by atoms with E-state index < -0.39 is 22.2 Å². The predicted octanol–water partition coefficient (Wildman–Crippen LogP) is 2.23. The molecule has 1 aliphatic rings. The molecule has 4 rings (SSSR count). The molecule has 1 aliphatic heterocycles. The fraction of sp³-hybridized carbons (Fsp3) is 0.368. The van der Waals surface area contributed by atoms with Gasteiger partial charge in [-0.1, -0.05) is 23.7 Å². The van der Waals surface area contributed by atoms with Gasteiger partial charge in [0, 0.05) is 37.1 Å². The number of piperazine rings is 1. The number of nitrogens with one attached hydrogen (secondary N) is 2. The highest BCUT2D eigenvalue weighted by atomic mass is 35.5. The fourth-order valence-electron chi connectivity index (χ4n) is 3.31. The zero-order valence-electron chi connectivity index (χ0n) is 17.5. The number of aryl methyl sites for hydroxylation is 1. The van der Waals surface area contributed by atoms with Crippen LogP contribution in [0.2, 0.25) is 5.02 Å². The number of carboxylic acid groups (broad SMARTS) is 1. The summed E-state index contributed by atoms with van der Waals surface area (Å²) in [6.07, 6.45) is -3.67. The Kier molecular flexibility index (Phi) is 8.07. The van der Waals surface area contributed by atoms with Gasteiger partial charge in [-0.05, 0) is 51.9 Å². The standard InChI is InChI=1S/C17H19ClN6O2S.C2HF3O2/c18-14-3-1-13-10-16(5-2-12(13)9-14)27(25,26)24-8-7-19-15(11-24)4-6-17-20-22-23-21-17;3-2(4,5)1(6)7/h1-3,5,9-10,15,19H,4,6-8,11H2,(H,20,21,22,23);(H,6,7). The molecular weight excluding hydrogens is 501 g/mol. The summed E-state index contributed by atoms with van der Waals surface area (Å²) in [7, 11) is -3.56.